The Morgan fingerprint density at radius 3 is 1.92 bits per heavy atom. The van der Waals surface area contributed by atoms with Gasteiger partial charge in [0.2, 0.25) is 10.0 Å². The van der Waals surface area contributed by atoms with Crippen LogP contribution >= 0.6 is 0 Å². The molecular weight excluding hydrogens is 348 g/mol. The molecule has 130 valence electrons. The monoisotopic (exact) mass is 368 g/mol. The summed E-state index contributed by atoms with van der Waals surface area (Å²) in [5.41, 5.74) is 2.28. The van der Waals surface area contributed by atoms with Crippen LogP contribution in [0.3, 0.4) is 0 Å². The molecule has 2 aromatic rings. The molecule has 0 unspecified atom stereocenters. The van der Waals surface area contributed by atoms with Crippen LogP contribution in [0.2, 0.25) is 0 Å². The van der Waals surface area contributed by atoms with Crippen molar-refractivity contribution in [2.45, 2.75) is 30.1 Å². The van der Waals surface area contributed by atoms with Crippen molar-refractivity contribution in [2.75, 3.05) is 11.8 Å². The number of para-hydroxylation sites is 1. The second kappa shape index (κ2) is 6.92. The lowest BCUT2D eigenvalue weighted by atomic mass is 10.1. The molecule has 0 saturated carbocycles. The molecule has 0 saturated heterocycles. The molecule has 0 spiro atoms. The molecule has 6 nitrogen and oxygen atoms in total. The Morgan fingerprint density at radius 1 is 0.875 bits per heavy atom. The molecule has 0 aliphatic heterocycles. The maximum Gasteiger partial charge on any atom is 0.261 e. The van der Waals surface area contributed by atoms with E-state index in [1.807, 2.05) is 32.0 Å². The number of sulfonamides is 2. The third kappa shape index (κ3) is 3.77. The van der Waals surface area contributed by atoms with E-state index in [-0.39, 0.29) is 9.79 Å². The number of anilines is 1. The Morgan fingerprint density at radius 2 is 1.42 bits per heavy atom. The molecule has 0 fully saturated rings. The lowest BCUT2D eigenvalue weighted by molar-refractivity contribution is 0.587. The summed E-state index contributed by atoms with van der Waals surface area (Å²) in [7, 11) is -6.11. The van der Waals surface area contributed by atoms with Crippen LogP contribution in [0.15, 0.2) is 52.3 Å². The first-order valence-electron chi connectivity index (χ1n) is 7.36. The predicted octanol–water partition coefficient (Wildman–Crippen LogP) is 2.27. The molecular formula is C16H20N2O4S2. The van der Waals surface area contributed by atoms with Gasteiger partial charge in [0.1, 0.15) is 0 Å². The Balaban J connectivity index is 2.39. The molecule has 0 atom stereocenters. The van der Waals surface area contributed by atoms with Crippen LogP contribution in [0.1, 0.15) is 18.1 Å². The van der Waals surface area contributed by atoms with E-state index in [1.165, 1.54) is 31.3 Å². The van der Waals surface area contributed by atoms with Gasteiger partial charge in [0.25, 0.3) is 10.0 Å². The van der Waals surface area contributed by atoms with Crippen molar-refractivity contribution in [1.82, 2.24) is 4.72 Å². The molecule has 24 heavy (non-hydrogen) atoms. The molecule has 0 aliphatic rings. The highest BCUT2D eigenvalue weighted by atomic mass is 32.2. The SMILES string of the molecule is CCc1cccc(C)c1NS(=O)(=O)c1ccc(S(=O)(=O)NC)cc1. The Labute approximate surface area is 143 Å². The zero-order valence-corrected chi connectivity index (χ0v) is 15.3. The smallest absolute Gasteiger partial charge is 0.261 e. The van der Waals surface area contributed by atoms with Crippen molar-refractivity contribution in [2.24, 2.45) is 0 Å². The van der Waals surface area contributed by atoms with E-state index in [4.69, 9.17) is 0 Å². The van der Waals surface area contributed by atoms with Crippen LogP contribution < -0.4 is 9.44 Å². The quantitative estimate of drug-likeness (QED) is 0.818. The second-order valence-corrected chi connectivity index (χ2v) is 8.82. The molecule has 0 radical (unpaired) electrons. The summed E-state index contributed by atoms with van der Waals surface area (Å²) in [5, 5.41) is 0. The van der Waals surface area contributed by atoms with Crippen LogP contribution in [0.4, 0.5) is 5.69 Å². The lowest BCUT2D eigenvalue weighted by Crippen LogP contribution is -2.19. The van der Waals surface area contributed by atoms with Crippen LogP contribution in [0.5, 0.6) is 0 Å². The molecule has 0 bridgehead atoms. The van der Waals surface area contributed by atoms with Crippen molar-refractivity contribution in [3.8, 4) is 0 Å². The normalized spacial score (nSPS) is 12.1. The van der Waals surface area contributed by atoms with Crippen LogP contribution in [-0.4, -0.2) is 23.9 Å². The summed E-state index contributed by atoms with van der Waals surface area (Å²) in [5.74, 6) is 0. The van der Waals surface area contributed by atoms with Gasteiger partial charge in [-0.1, -0.05) is 25.1 Å². The minimum absolute atomic E-state index is 0.00265. The number of aryl methyl sites for hydroxylation is 2. The number of benzene rings is 2. The molecule has 0 aliphatic carbocycles. The summed E-state index contributed by atoms with van der Waals surface area (Å²) in [6, 6.07) is 10.7. The third-order valence-corrected chi connectivity index (χ3v) is 6.49. The van der Waals surface area contributed by atoms with E-state index in [9.17, 15) is 16.8 Å². The maximum absolute atomic E-state index is 12.6. The van der Waals surface area contributed by atoms with Gasteiger partial charge in [-0.3, -0.25) is 4.72 Å². The summed E-state index contributed by atoms with van der Waals surface area (Å²) in [6.07, 6.45) is 0.693. The van der Waals surface area contributed by atoms with Crippen LogP contribution in [-0.2, 0) is 26.5 Å². The average molecular weight is 368 g/mol. The van der Waals surface area contributed by atoms with E-state index in [0.717, 1.165) is 11.1 Å². The molecule has 0 aromatic heterocycles. The van der Waals surface area contributed by atoms with E-state index >= 15 is 0 Å². The third-order valence-electron chi connectivity index (χ3n) is 3.69. The molecule has 0 heterocycles. The highest BCUT2D eigenvalue weighted by Gasteiger charge is 2.18. The summed E-state index contributed by atoms with van der Waals surface area (Å²) in [6.45, 7) is 3.78. The number of hydrogen-bond donors (Lipinski definition) is 2. The Bertz CT molecular complexity index is 935. The number of nitrogens with one attached hydrogen (secondary N) is 2. The molecule has 0 amide bonds. The largest absolute Gasteiger partial charge is 0.279 e. The first-order chi connectivity index (χ1) is 11.2. The zero-order chi connectivity index (χ0) is 18.0. The highest BCUT2D eigenvalue weighted by Crippen LogP contribution is 2.25. The van der Waals surface area contributed by atoms with Gasteiger partial charge in [0.15, 0.2) is 0 Å². The zero-order valence-electron chi connectivity index (χ0n) is 13.7. The Kier molecular flexibility index (Phi) is 5.32. The molecule has 2 rings (SSSR count). The predicted molar refractivity (Wildman–Crippen MR) is 94.1 cm³/mol. The molecule has 2 N–H and O–H groups in total. The van der Waals surface area contributed by atoms with Crippen molar-refractivity contribution in [1.29, 1.82) is 0 Å². The van der Waals surface area contributed by atoms with Crippen LogP contribution in [0.25, 0.3) is 0 Å². The fraction of sp³-hybridized carbons (Fsp3) is 0.250. The van der Waals surface area contributed by atoms with Gasteiger partial charge in [-0.25, -0.2) is 21.6 Å². The summed E-state index contributed by atoms with van der Waals surface area (Å²) in [4.78, 5) is 0.0111. The van der Waals surface area contributed by atoms with Gasteiger partial charge in [-0.15, -0.1) is 0 Å². The van der Waals surface area contributed by atoms with Gasteiger partial charge in [0, 0.05) is 0 Å². The number of rotatable bonds is 6. The van der Waals surface area contributed by atoms with Gasteiger partial charge in [-0.2, -0.15) is 0 Å². The van der Waals surface area contributed by atoms with E-state index in [1.54, 1.807) is 0 Å². The standard InChI is InChI=1S/C16H20N2O4S2/c1-4-13-7-5-6-12(2)16(13)18-24(21,22)15-10-8-14(9-11-15)23(19,20)17-3/h5-11,17-18H,4H2,1-3H3. The second-order valence-electron chi connectivity index (χ2n) is 5.25. The first-order valence-corrected chi connectivity index (χ1v) is 10.3. The topological polar surface area (TPSA) is 92.3 Å². The van der Waals surface area contributed by atoms with Crippen molar-refractivity contribution >= 4 is 25.7 Å². The van der Waals surface area contributed by atoms with Gasteiger partial charge >= 0.3 is 0 Å². The van der Waals surface area contributed by atoms with Gasteiger partial charge in [0.05, 0.1) is 15.5 Å². The molecule has 2 aromatic carbocycles. The highest BCUT2D eigenvalue weighted by molar-refractivity contribution is 7.92. The summed E-state index contributed by atoms with van der Waals surface area (Å²) >= 11 is 0. The first kappa shape index (κ1) is 18.4. The average Bonchev–Trinajstić information content (AvgIpc) is 2.56. The summed E-state index contributed by atoms with van der Waals surface area (Å²) < 4.78 is 53.3. The van der Waals surface area contributed by atoms with E-state index in [2.05, 4.69) is 9.44 Å². The van der Waals surface area contributed by atoms with E-state index < -0.39 is 20.0 Å². The van der Waals surface area contributed by atoms with Crippen molar-refractivity contribution < 1.29 is 16.8 Å². The fourth-order valence-corrected chi connectivity index (χ4v) is 4.18. The van der Waals surface area contributed by atoms with Crippen molar-refractivity contribution in [3.05, 3.63) is 53.6 Å². The number of hydrogen-bond acceptors (Lipinski definition) is 4. The minimum Gasteiger partial charge on any atom is -0.279 e. The van der Waals surface area contributed by atoms with Crippen LogP contribution in [0, 0.1) is 6.92 Å². The fourth-order valence-electron chi connectivity index (χ4n) is 2.28. The Hall–Kier alpha value is -1.90. The maximum atomic E-state index is 12.6. The molecule has 8 heteroatoms. The van der Waals surface area contributed by atoms with Gasteiger partial charge in [-0.05, 0) is 55.8 Å². The minimum atomic E-state index is -3.80. The van der Waals surface area contributed by atoms with Gasteiger partial charge < -0.3 is 0 Å². The lowest BCUT2D eigenvalue weighted by Gasteiger charge is -2.14. The van der Waals surface area contributed by atoms with Crippen molar-refractivity contribution in [3.63, 3.8) is 0 Å². The van der Waals surface area contributed by atoms with E-state index in [0.29, 0.717) is 12.1 Å².